The van der Waals surface area contributed by atoms with Crippen molar-refractivity contribution in [2.75, 3.05) is 10.3 Å². The number of para-hydroxylation sites is 1. The van der Waals surface area contributed by atoms with Gasteiger partial charge in [-0.25, -0.2) is 5.01 Å². The number of hydrogen-bond donors (Lipinski definition) is 1. The maximum Gasteiger partial charge on any atom is 0.258 e. The normalized spacial score (nSPS) is 21.1. The minimum atomic E-state index is -1.06. The molecule has 0 fully saturated rings. The molecule has 0 radical (unpaired) electrons. The standard InChI is InChI=1S/C28H20BrN3O/c29-21-16-17-24-23(18-21)28(27(33)30-24)25(19-10-4-1-5-11-19)26(20-12-6-2-7-13-20)31-32(28)22-14-8-3-9-15-22/h1-18,25H,(H,30,33). The number of carbonyl (C=O) groups is 1. The highest BCUT2D eigenvalue weighted by Gasteiger charge is 2.62. The van der Waals surface area contributed by atoms with Gasteiger partial charge in [-0.2, -0.15) is 5.10 Å². The molecule has 2 atom stereocenters. The van der Waals surface area contributed by atoms with E-state index in [0.29, 0.717) is 0 Å². The molecule has 5 heteroatoms. The number of nitrogens with one attached hydrogen (secondary N) is 1. The van der Waals surface area contributed by atoms with Crippen molar-refractivity contribution in [2.45, 2.75) is 11.5 Å². The van der Waals surface area contributed by atoms with Gasteiger partial charge in [0.25, 0.3) is 5.91 Å². The molecule has 1 amide bonds. The van der Waals surface area contributed by atoms with Gasteiger partial charge in [0.2, 0.25) is 0 Å². The van der Waals surface area contributed by atoms with Crippen LogP contribution in [0.15, 0.2) is 119 Å². The van der Waals surface area contributed by atoms with Crippen molar-refractivity contribution in [2.24, 2.45) is 5.10 Å². The zero-order valence-corrected chi connectivity index (χ0v) is 19.2. The number of amides is 1. The SMILES string of the molecule is O=C1Nc2ccc(Br)cc2C12C(c1ccccc1)C(c1ccccc1)=NN2c1ccccc1. The first-order valence-corrected chi connectivity index (χ1v) is 11.6. The maximum atomic E-state index is 14.1. The Bertz CT molecular complexity index is 1370. The van der Waals surface area contributed by atoms with E-state index in [1.807, 2.05) is 89.9 Å². The summed E-state index contributed by atoms with van der Waals surface area (Å²) < 4.78 is 0.921. The fraction of sp³-hybridized carbons (Fsp3) is 0.0714. The minimum Gasteiger partial charge on any atom is -0.323 e. The van der Waals surface area contributed by atoms with E-state index < -0.39 is 5.54 Å². The molecule has 0 aromatic heterocycles. The molecule has 6 rings (SSSR count). The zero-order valence-electron chi connectivity index (χ0n) is 17.7. The fourth-order valence-corrected chi connectivity index (χ4v) is 5.41. The molecule has 0 aliphatic carbocycles. The average molecular weight is 494 g/mol. The van der Waals surface area contributed by atoms with E-state index in [-0.39, 0.29) is 11.8 Å². The van der Waals surface area contributed by atoms with Crippen LogP contribution in [-0.2, 0) is 10.3 Å². The van der Waals surface area contributed by atoms with E-state index in [1.165, 1.54) is 0 Å². The summed E-state index contributed by atoms with van der Waals surface area (Å²) in [5.74, 6) is -0.389. The largest absolute Gasteiger partial charge is 0.323 e. The second-order valence-electron chi connectivity index (χ2n) is 8.25. The van der Waals surface area contributed by atoms with E-state index in [2.05, 4.69) is 45.5 Å². The van der Waals surface area contributed by atoms with Crippen molar-refractivity contribution >= 4 is 38.9 Å². The summed E-state index contributed by atoms with van der Waals surface area (Å²) in [5, 5.41) is 10.2. The van der Waals surface area contributed by atoms with Gasteiger partial charge in [-0.3, -0.25) is 4.79 Å². The quantitative estimate of drug-likeness (QED) is 0.363. The number of halogens is 1. The summed E-state index contributed by atoms with van der Waals surface area (Å²) in [6.45, 7) is 0. The van der Waals surface area contributed by atoms with Gasteiger partial charge >= 0.3 is 0 Å². The van der Waals surface area contributed by atoms with Crippen LogP contribution in [0.5, 0.6) is 0 Å². The Hall–Kier alpha value is -3.70. The van der Waals surface area contributed by atoms with Crippen LogP contribution in [0.2, 0.25) is 0 Å². The molecule has 4 aromatic carbocycles. The molecule has 4 nitrogen and oxygen atoms in total. The molecule has 0 saturated carbocycles. The highest BCUT2D eigenvalue weighted by molar-refractivity contribution is 9.10. The van der Waals surface area contributed by atoms with Crippen LogP contribution < -0.4 is 10.3 Å². The van der Waals surface area contributed by atoms with E-state index in [1.54, 1.807) is 0 Å². The summed E-state index contributed by atoms with van der Waals surface area (Å²) in [7, 11) is 0. The molecule has 2 aliphatic rings. The van der Waals surface area contributed by atoms with Crippen molar-refractivity contribution in [1.82, 2.24) is 0 Å². The Labute approximate surface area is 200 Å². The van der Waals surface area contributed by atoms with Crippen molar-refractivity contribution in [3.05, 3.63) is 130 Å². The first-order valence-electron chi connectivity index (χ1n) is 10.9. The lowest BCUT2D eigenvalue weighted by Crippen LogP contribution is -2.50. The Kier molecular flexibility index (Phi) is 4.66. The number of anilines is 2. The van der Waals surface area contributed by atoms with E-state index >= 15 is 0 Å². The number of carbonyl (C=O) groups excluding carboxylic acids is 1. The zero-order chi connectivity index (χ0) is 22.4. The summed E-state index contributed by atoms with van der Waals surface area (Å²) in [4.78, 5) is 14.1. The Morgan fingerprint density at radius 2 is 1.45 bits per heavy atom. The van der Waals surface area contributed by atoms with Crippen molar-refractivity contribution in [3.63, 3.8) is 0 Å². The van der Waals surface area contributed by atoms with Gasteiger partial charge in [-0.05, 0) is 41.5 Å². The predicted molar refractivity (Wildman–Crippen MR) is 136 cm³/mol. The molecule has 0 bridgehead atoms. The lowest BCUT2D eigenvalue weighted by molar-refractivity contribution is -0.120. The van der Waals surface area contributed by atoms with Crippen LogP contribution in [0, 0.1) is 0 Å². The fourth-order valence-electron chi connectivity index (χ4n) is 5.05. The highest BCUT2D eigenvalue weighted by Crippen LogP contribution is 2.56. The second kappa shape index (κ2) is 7.71. The van der Waals surface area contributed by atoms with Gasteiger partial charge in [0.1, 0.15) is 0 Å². The lowest BCUT2D eigenvalue weighted by atomic mass is 9.72. The molecular formula is C28H20BrN3O. The van der Waals surface area contributed by atoms with Gasteiger partial charge in [0.05, 0.1) is 17.3 Å². The molecule has 2 aliphatic heterocycles. The topological polar surface area (TPSA) is 44.7 Å². The summed E-state index contributed by atoms with van der Waals surface area (Å²) in [6.07, 6.45) is 0. The van der Waals surface area contributed by atoms with Crippen LogP contribution in [0.4, 0.5) is 11.4 Å². The second-order valence-corrected chi connectivity index (χ2v) is 9.17. The maximum absolute atomic E-state index is 14.1. The van der Waals surface area contributed by atoms with E-state index in [4.69, 9.17) is 5.10 Å². The average Bonchev–Trinajstić information content (AvgIpc) is 3.37. The first-order chi connectivity index (χ1) is 16.2. The number of hydrogen-bond acceptors (Lipinski definition) is 3. The highest BCUT2D eigenvalue weighted by atomic mass is 79.9. The molecule has 33 heavy (non-hydrogen) atoms. The Morgan fingerprint density at radius 1 is 0.818 bits per heavy atom. The predicted octanol–water partition coefficient (Wildman–Crippen LogP) is 6.30. The van der Waals surface area contributed by atoms with Gasteiger partial charge in [-0.15, -0.1) is 0 Å². The van der Waals surface area contributed by atoms with Crippen molar-refractivity contribution in [3.8, 4) is 0 Å². The van der Waals surface area contributed by atoms with Crippen LogP contribution in [0.3, 0.4) is 0 Å². The van der Waals surface area contributed by atoms with Gasteiger partial charge in [0.15, 0.2) is 5.54 Å². The third-order valence-electron chi connectivity index (χ3n) is 6.42. The molecule has 0 saturated heterocycles. The third kappa shape index (κ3) is 2.96. The Balaban J connectivity index is 1.70. The van der Waals surface area contributed by atoms with Gasteiger partial charge < -0.3 is 5.32 Å². The van der Waals surface area contributed by atoms with Crippen molar-refractivity contribution in [1.29, 1.82) is 0 Å². The smallest absolute Gasteiger partial charge is 0.258 e. The van der Waals surface area contributed by atoms with E-state index in [0.717, 1.165) is 38.2 Å². The molecule has 2 unspecified atom stereocenters. The van der Waals surface area contributed by atoms with Crippen LogP contribution in [0.1, 0.15) is 22.6 Å². The Morgan fingerprint density at radius 3 is 2.15 bits per heavy atom. The number of benzene rings is 4. The summed E-state index contributed by atoms with van der Waals surface area (Å²) in [6, 6.07) is 36.2. The summed E-state index contributed by atoms with van der Waals surface area (Å²) in [5.41, 5.74) is 4.44. The van der Waals surface area contributed by atoms with Crippen LogP contribution in [-0.4, -0.2) is 11.6 Å². The van der Waals surface area contributed by atoms with E-state index in [9.17, 15) is 4.79 Å². The number of fused-ring (bicyclic) bond motifs is 2. The lowest BCUT2D eigenvalue weighted by Gasteiger charge is -2.37. The van der Waals surface area contributed by atoms with Crippen LogP contribution >= 0.6 is 15.9 Å². The third-order valence-corrected chi connectivity index (χ3v) is 6.92. The molecule has 1 spiro atoms. The monoisotopic (exact) mass is 493 g/mol. The van der Waals surface area contributed by atoms with Gasteiger partial charge in [-0.1, -0.05) is 94.8 Å². The summed E-state index contributed by atoms with van der Waals surface area (Å²) >= 11 is 3.63. The molecule has 160 valence electrons. The number of nitrogens with zero attached hydrogens (tertiary/aromatic N) is 2. The van der Waals surface area contributed by atoms with Crippen LogP contribution in [0.25, 0.3) is 0 Å². The minimum absolute atomic E-state index is 0.0806. The first kappa shape index (κ1) is 19.9. The molecular weight excluding hydrogens is 474 g/mol. The number of hydrazone groups is 1. The van der Waals surface area contributed by atoms with Gasteiger partial charge in [0, 0.05) is 15.7 Å². The number of rotatable bonds is 3. The molecule has 4 aromatic rings. The molecule has 2 heterocycles. The molecule has 1 N–H and O–H groups in total. The van der Waals surface area contributed by atoms with Crippen molar-refractivity contribution < 1.29 is 4.79 Å².